The zero-order valence-electron chi connectivity index (χ0n) is 19.9. The van der Waals surface area contributed by atoms with E-state index in [1.807, 2.05) is 21.0 Å². The second-order valence-electron chi connectivity index (χ2n) is 9.59. The fourth-order valence-corrected chi connectivity index (χ4v) is 5.63. The number of hydrogen-bond acceptors (Lipinski definition) is 6. The molecule has 0 aromatic heterocycles. The molecule has 1 spiro atoms. The van der Waals surface area contributed by atoms with Crippen LogP contribution in [0.15, 0.2) is 0 Å². The van der Waals surface area contributed by atoms with E-state index in [0.29, 0.717) is 38.3 Å². The summed E-state index contributed by atoms with van der Waals surface area (Å²) in [4.78, 5) is 32.4. The summed E-state index contributed by atoms with van der Waals surface area (Å²) in [5.74, 6) is -0.281. The summed E-state index contributed by atoms with van der Waals surface area (Å²) in [6.07, 6.45) is 5.48. The van der Waals surface area contributed by atoms with Crippen LogP contribution in [0.4, 0.5) is 4.79 Å². The van der Waals surface area contributed by atoms with Crippen LogP contribution in [0.3, 0.4) is 0 Å². The van der Waals surface area contributed by atoms with Gasteiger partial charge in [-0.2, -0.15) is 0 Å². The van der Waals surface area contributed by atoms with Crippen molar-refractivity contribution in [2.24, 2.45) is 11.8 Å². The smallest absolute Gasteiger partial charge is 0.324 e. The number of ether oxygens (including phenoxy) is 2. The van der Waals surface area contributed by atoms with E-state index in [1.54, 1.807) is 0 Å². The van der Waals surface area contributed by atoms with Crippen molar-refractivity contribution in [1.82, 2.24) is 20.0 Å². The number of imide groups is 1. The van der Waals surface area contributed by atoms with E-state index >= 15 is 0 Å². The van der Waals surface area contributed by atoms with Crippen LogP contribution >= 0.6 is 0 Å². The molecule has 0 radical (unpaired) electrons. The molecule has 8 heteroatoms. The van der Waals surface area contributed by atoms with E-state index in [9.17, 15) is 9.59 Å². The third-order valence-electron chi connectivity index (χ3n) is 6.95. The topological polar surface area (TPSA) is 74.4 Å². The number of carbonyl (C=O) groups is 2. The molecule has 178 valence electrons. The Morgan fingerprint density at radius 1 is 1.16 bits per heavy atom. The van der Waals surface area contributed by atoms with E-state index in [4.69, 9.17) is 9.47 Å². The largest absolute Gasteiger partial charge is 0.348 e. The van der Waals surface area contributed by atoms with Crippen LogP contribution in [-0.2, 0) is 14.3 Å². The lowest BCUT2D eigenvalue weighted by Gasteiger charge is -2.50. The van der Waals surface area contributed by atoms with E-state index in [0.717, 1.165) is 58.2 Å². The molecule has 3 aliphatic rings. The number of nitrogens with one attached hydrogen (secondary N) is 1. The number of amides is 3. The normalized spacial score (nSPS) is 28.0. The highest BCUT2D eigenvalue weighted by Gasteiger charge is 2.50. The Labute approximate surface area is 187 Å². The number of nitrogens with zero attached hydrogens (tertiary/aromatic N) is 3. The number of fused-ring (bicyclic) bond motifs is 1. The standard InChI is InChI=1S/C23H42N4O4/c1-5-10-26-17-19(15-18-16-23(9-8-20(18)26)30-13-14-31-23)21(28)27(22(29)24-6-2)12-7-11-25(3)4/h18-20H,5-17H2,1-4H3,(H,24,29)/t18?,19-,20-/m1/s1. The van der Waals surface area contributed by atoms with Gasteiger partial charge < -0.3 is 19.7 Å². The van der Waals surface area contributed by atoms with Crippen LogP contribution in [0.2, 0.25) is 0 Å². The molecule has 1 saturated carbocycles. The van der Waals surface area contributed by atoms with Crippen molar-refractivity contribution in [3.8, 4) is 0 Å². The minimum Gasteiger partial charge on any atom is -0.348 e. The van der Waals surface area contributed by atoms with Crippen molar-refractivity contribution in [2.75, 3.05) is 60.0 Å². The lowest BCUT2D eigenvalue weighted by atomic mass is 9.72. The predicted molar refractivity (Wildman–Crippen MR) is 120 cm³/mol. The SMILES string of the molecule is CCCN1C[C@H](C(=O)N(CCCN(C)C)C(=O)NCC)CC2CC3(CC[C@H]21)OCCO3. The van der Waals surface area contributed by atoms with Gasteiger partial charge in [-0.25, -0.2) is 4.79 Å². The van der Waals surface area contributed by atoms with Gasteiger partial charge in [-0.15, -0.1) is 0 Å². The minimum absolute atomic E-state index is 0.0304. The lowest BCUT2D eigenvalue weighted by Crippen LogP contribution is -2.58. The average Bonchev–Trinajstić information content (AvgIpc) is 3.18. The first-order chi connectivity index (χ1) is 14.9. The summed E-state index contributed by atoms with van der Waals surface area (Å²) in [7, 11) is 4.02. The molecule has 2 aliphatic heterocycles. The maximum atomic E-state index is 13.6. The molecule has 0 bridgehead atoms. The van der Waals surface area contributed by atoms with Crippen molar-refractivity contribution in [1.29, 1.82) is 0 Å². The van der Waals surface area contributed by atoms with Crippen molar-refractivity contribution in [3.63, 3.8) is 0 Å². The number of piperidine rings is 1. The number of hydrogen-bond donors (Lipinski definition) is 1. The van der Waals surface area contributed by atoms with Crippen LogP contribution in [0.1, 0.15) is 52.4 Å². The minimum atomic E-state index is -0.449. The first kappa shape index (κ1) is 24.4. The molecular weight excluding hydrogens is 396 g/mol. The molecule has 1 aliphatic carbocycles. The van der Waals surface area contributed by atoms with Crippen LogP contribution in [0.5, 0.6) is 0 Å². The van der Waals surface area contributed by atoms with Gasteiger partial charge in [0.1, 0.15) is 0 Å². The third-order valence-corrected chi connectivity index (χ3v) is 6.95. The zero-order valence-corrected chi connectivity index (χ0v) is 19.9. The van der Waals surface area contributed by atoms with Crippen molar-refractivity contribution < 1.29 is 19.1 Å². The monoisotopic (exact) mass is 438 g/mol. The van der Waals surface area contributed by atoms with Gasteiger partial charge in [0.15, 0.2) is 5.79 Å². The number of likely N-dealkylation sites (tertiary alicyclic amines) is 1. The molecule has 3 fully saturated rings. The van der Waals surface area contributed by atoms with Crippen molar-refractivity contribution >= 4 is 11.9 Å². The van der Waals surface area contributed by atoms with Crippen molar-refractivity contribution in [3.05, 3.63) is 0 Å². The molecule has 0 aromatic carbocycles. The van der Waals surface area contributed by atoms with Gasteiger partial charge in [0.05, 0.1) is 19.1 Å². The molecule has 31 heavy (non-hydrogen) atoms. The Kier molecular flexibility index (Phi) is 8.73. The van der Waals surface area contributed by atoms with Gasteiger partial charge in [-0.1, -0.05) is 6.92 Å². The second kappa shape index (κ2) is 11.1. The Bertz CT molecular complexity index is 608. The number of urea groups is 1. The molecule has 8 nitrogen and oxygen atoms in total. The maximum Gasteiger partial charge on any atom is 0.324 e. The van der Waals surface area contributed by atoms with Gasteiger partial charge in [0.25, 0.3) is 0 Å². The van der Waals surface area contributed by atoms with Crippen LogP contribution in [-0.4, -0.2) is 98.5 Å². The maximum absolute atomic E-state index is 13.6. The van der Waals surface area contributed by atoms with E-state index < -0.39 is 5.79 Å². The zero-order chi connectivity index (χ0) is 22.4. The second-order valence-corrected chi connectivity index (χ2v) is 9.59. The molecule has 0 aromatic rings. The predicted octanol–water partition coefficient (Wildman–Crippen LogP) is 2.14. The summed E-state index contributed by atoms with van der Waals surface area (Å²) >= 11 is 0. The average molecular weight is 439 g/mol. The Hall–Kier alpha value is -1.22. The highest BCUT2D eigenvalue weighted by molar-refractivity contribution is 5.95. The Balaban J connectivity index is 1.73. The van der Waals surface area contributed by atoms with Crippen molar-refractivity contribution in [2.45, 2.75) is 64.2 Å². The highest BCUT2D eigenvalue weighted by atomic mass is 16.7. The van der Waals surface area contributed by atoms with E-state index in [-0.39, 0.29) is 17.9 Å². The van der Waals surface area contributed by atoms with Crippen LogP contribution < -0.4 is 5.32 Å². The van der Waals surface area contributed by atoms with E-state index in [2.05, 4.69) is 22.0 Å². The molecule has 2 heterocycles. The van der Waals surface area contributed by atoms with E-state index in [1.165, 1.54) is 4.90 Å². The summed E-state index contributed by atoms with van der Waals surface area (Å²) < 4.78 is 12.0. The summed E-state index contributed by atoms with van der Waals surface area (Å²) in [5, 5.41) is 2.84. The number of carbonyl (C=O) groups excluding carboxylic acids is 2. The first-order valence-electron chi connectivity index (χ1n) is 12.1. The fraction of sp³-hybridized carbons (Fsp3) is 0.913. The molecule has 2 saturated heterocycles. The first-order valence-corrected chi connectivity index (χ1v) is 12.1. The molecule has 1 unspecified atom stereocenters. The number of rotatable bonds is 8. The van der Waals surface area contributed by atoms with Gasteiger partial charge >= 0.3 is 6.03 Å². The lowest BCUT2D eigenvalue weighted by molar-refractivity contribution is -0.204. The summed E-state index contributed by atoms with van der Waals surface area (Å²) in [5.41, 5.74) is 0. The molecule has 3 rings (SSSR count). The molecule has 1 N–H and O–H groups in total. The Morgan fingerprint density at radius 2 is 1.90 bits per heavy atom. The fourth-order valence-electron chi connectivity index (χ4n) is 5.63. The summed E-state index contributed by atoms with van der Waals surface area (Å²) in [6.45, 7) is 8.95. The summed E-state index contributed by atoms with van der Waals surface area (Å²) in [6, 6.07) is 0.215. The van der Waals surface area contributed by atoms with Crippen LogP contribution in [0.25, 0.3) is 0 Å². The Morgan fingerprint density at radius 3 is 2.55 bits per heavy atom. The quantitative estimate of drug-likeness (QED) is 0.626. The van der Waals surface area contributed by atoms with Gasteiger partial charge in [0.2, 0.25) is 5.91 Å². The van der Waals surface area contributed by atoms with Gasteiger partial charge in [-0.3, -0.25) is 14.6 Å². The molecular formula is C23H42N4O4. The molecule has 3 amide bonds. The molecule has 3 atom stereocenters. The third kappa shape index (κ3) is 5.97. The van der Waals surface area contributed by atoms with Gasteiger partial charge in [0, 0.05) is 38.5 Å². The van der Waals surface area contributed by atoms with Gasteiger partial charge in [-0.05, 0) is 65.7 Å². The highest BCUT2D eigenvalue weighted by Crippen LogP contribution is 2.45. The van der Waals surface area contributed by atoms with Crippen LogP contribution in [0, 0.1) is 11.8 Å².